The lowest BCUT2D eigenvalue weighted by Gasteiger charge is -2.30. The van der Waals surface area contributed by atoms with E-state index < -0.39 is 11.9 Å². The Hall–Kier alpha value is -2.37. The van der Waals surface area contributed by atoms with Gasteiger partial charge in [-0.1, -0.05) is 18.2 Å². The number of aromatic nitrogens is 2. The molecule has 1 amide bonds. The van der Waals surface area contributed by atoms with Crippen LogP contribution >= 0.6 is 0 Å². The Morgan fingerprint density at radius 2 is 2.14 bits per heavy atom. The van der Waals surface area contributed by atoms with Crippen LogP contribution in [0.4, 0.5) is 0 Å². The zero-order valence-corrected chi connectivity index (χ0v) is 11.6. The van der Waals surface area contributed by atoms with Crippen LogP contribution < -0.4 is 0 Å². The van der Waals surface area contributed by atoms with Gasteiger partial charge in [0.15, 0.2) is 0 Å². The summed E-state index contributed by atoms with van der Waals surface area (Å²) in [4.78, 5) is 25.0. The fourth-order valence-corrected chi connectivity index (χ4v) is 2.74. The maximum Gasteiger partial charge on any atom is 0.308 e. The standard InChI is InChI=1S/C15H17N3O3/c19-14(17-7-3-5-12(8-17)15(20)21)10-18-9-11-4-1-2-6-13(11)16-18/h1-2,4,6,9,12H,3,5,7-8,10H2,(H,20,21). The van der Waals surface area contributed by atoms with Crippen LogP contribution in [0.1, 0.15) is 12.8 Å². The summed E-state index contributed by atoms with van der Waals surface area (Å²) in [6, 6.07) is 7.68. The van der Waals surface area contributed by atoms with Crippen LogP contribution in [-0.2, 0) is 16.1 Å². The lowest BCUT2D eigenvalue weighted by atomic mass is 9.98. The topological polar surface area (TPSA) is 75.4 Å². The molecule has 1 saturated heterocycles. The smallest absolute Gasteiger partial charge is 0.308 e. The molecule has 0 saturated carbocycles. The third-order valence-electron chi connectivity index (χ3n) is 3.88. The summed E-state index contributed by atoms with van der Waals surface area (Å²) in [5.74, 6) is -1.34. The zero-order chi connectivity index (χ0) is 14.8. The van der Waals surface area contributed by atoms with Gasteiger partial charge in [0.05, 0.1) is 11.4 Å². The van der Waals surface area contributed by atoms with Gasteiger partial charge >= 0.3 is 5.97 Å². The lowest BCUT2D eigenvalue weighted by molar-refractivity contribution is -0.145. The van der Waals surface area contributed by atoms with Crippen LogP contribution in [0.15, 0.2) is 30.5 Å². The van der Waals surface area contributed by atoms with Crippen molar-refractivity contribution in [3.05, 3.63) is 30.5 Å². The minimum atomic E-state index is -0.822. The molecule has 0 bridgehead atoms. The van der Waals surface area contributed by atoms with Crippen molar-refractivity contribution < 1.29 is 14.7 Å². The monoisotopic (exact) mass is 287 g/mol. The van der Waals surface area contributed by atoms with E-state index in [-0.39, 0.29) is 12.5 Å². The number of carboxylic acids is 1. The van der Waals surface area contributed by atoms with Gasteiger partial charge in [0, 0.05) is 24.7 Å². The molecule has 1 aromatic carbocycles. The molecule has 1 unspecified atom stereocenters. The van der Waals surface area contributed by atoms with Crippen LogP contribution in [0.5, 0.6) is 0 Å². The molecule has 1 atom stereocenters. The number of nitrogens with zero attached hydrogens (tertiary/aromatic N) is 3. The number of carbonyl (C=O) groups is 2. The Labute approximate surface area is 122 Å². The molecule has 1 aromatic heterocycles. The number of carboxylic acid groups (broad SMARTS) is 1. The number of aliphatic carboxylic acids is 1. The average Bonchev–Trinajstić information content (AvgIpc) is 2.89. The van der Waals surface area contributed by atoms with Crippen LogP contribution in [0.25, 0.3) is 10.9 Å². The highest BCUT2D eigenvalue weighted by atomic mass is 16.4. The highest BCUT2D eigenvalue weighted by molar-refractivity contribution is 5.80. The average molecular weight is 287 g/mol. The fraction of sp³-hybridized carbons (Fsp3) is 0.400. The molecule has 0 radical (unpaired) electrons. The van der Waals surface area contributed by atoms with E-state index in [1.165, 1.54) is 0 Å². The molecular weight excluding hydrogens is 270 g/mol. The third-order valence-corrected chi connectivity index (χ3v) is 3.88. The largest absolute Gasteiger partial charge is 0.481 e. The number of hydrogen-bond donors (Lipinski definition) is 1. The highest BCUT2D eigenvalue weighted by Gasteiger charge is 2.28. The molecular formula is C15H17N3O3. The molecule has 6 heteroatoms. The molecule has 1 aliphatic rings. The third kappa shape index (κ3) is 2.89. The van der Waals surface area contributed by atoms with Gasteiger partial charge in [-0.3, -0.25) is 14.3 Å². The van der Waals surface area contributed by atoms with Gasteiger partial charge in [0.1, 0.15) is 6.54 Å². The van der Waals surface area contributed by atoms with E-state index in [2.05, 4.69) is 5.10 Å². The van der Waals surface area contributed by atoms with Crippen molar-refractivity contribution >= 4 is 22.8 Å². The lowest BCUT2D eigenvalue weighted by Crippen LogP contribution is -2.43. The Morgan fingerprint density at radius 3 is 2.90 bits per heavy atom. The number of carbonyl (C=O) groups excluding carboxylic acids is 1. The molecule has 2 heterocycles. The molecule has 1 N–H and O–H groups in total. The van der Waals surface area contributed by atoms with Crippen molar-refractivity contribution in [3.63, 3.8) is 0 Å². The molecule has 6 nitrogen and oxygen atoms in total. The van der Waals surface area contributed by atoms with Crippen molar-refractivity contribution in [2.45, 2.75) is 19.4 Å². The first kappa shape index (κ1) is 13.6. The summed E-state index contributed by atoms with van der Waals surface area (Å²) >= 11 is 0. The Kier molecular flexibility index (Phi) is 3.60. The first-order chi connectivity index (χ1) is 10.1. The van der Waals surface area contributed by atoms with Gasteiger partial charge in [-0.15, -0.1) is 0 Å². The van der Waals surface area contributed by atoms with Gasteiger partial charge in [-0.05, 0) is 18.9 Å². The van der Waals surface area contributed by atoms with Crippen molar-refractivity contribution in [1.29, 1.82) is 0 Å². The normalized spacial score (nSPS) is 18.9. The summed E-state index contributed by atoms with van der Waals surface area (Å²) in [5.41, 5.74) is 0.854. The molecule has 1 fully saturated rings. The van der Waals surface area contributed by atoms with Crippen LogP contribution in [0.3, 0.4) is 0 Å². The van der Waals surface area contributed by atoms with Gasteiger partial charge in [0.25, 0.3) is 0 Å². The second kappa shape index (κ2) is 5.55. The summed E-state index contributed by atoms with van der Waals surface area (Å²) in [5, 5.41) is 14.4. The Balaban J connectivity index is 1.69. The summed E-state index contributed by atoms with van der Waals surface area (Å²) in [6.07, 6.45) is 3.22. The quantitative estimate of drug-likeness (QED) is 0.925. The maximum atomic E-state index is 12.3. The Morgan fingerprint density at radius 1 is 1.33 bits per heavy atom. The molecule has 2 aromatic rings. The van der Waals surface area contributed by atoms with Gasteiger partial charge < -0.3 is 10.0 Å². The maximum absolute atomic E-state index is 12.3. The number of benzene rings is 1. The molecule has 0 spiro atoms. The predicted octanol–water partition coefficient (Wildman–Crippen LogP) is 1.36. The van der Waals surface area contributed by atoms with Crippen LogP contribution in [0.2, 0.25) is 0 Å². The molecule has 1 aliphatic heterocycles. The first-order valence-corrected chi connectivity index (χ1v) is 7.06. The summed E-state index contributed by atoms with van der Waals surface area (Å²) in [7, 11) is 0. The van der Waals surface area contributed by atoms with E-state index in [0.717, 1.165) is 17.3 Å². The molecule has 110 valence electrons. The number of amides is 1. The van der Waals surface area contributed by atoms with Crippen molar-refractivity contribution in [2.24, 2.45) is 5.92 Å². The van der Waals surface area contributed by atoms with Crippen LogP contribution in [0, 0.1) is 5.92 Å². The van der Waals surface area contributed by atoms with E-state index in [4.69, 9.17) is 5.11 Å². The predicted molar refractivity (Wildman–Crippen MR) is 76.7 cm³/mol. The minimum Gasteiger partial charge on any atom is -0.481 e. The number of likely N-dealkylation sites (tertiary alicyclic amines) is 1. The van der Waals surface area contributed by atoms with Crippen LogP contribution in [-0.4, -0.2) is 44.8 Å². The zero-order valence-electron chi connectivity index (χ0n) is 11.6. The summed E-state index contributed by atoms with van der Waals surface area (Å²) in [6.45, 7) is 1.08. The van der Waals surface area contributed by atoms with Crippen molar-refractivity contribution in [2.75, 3.05) is 13.1 Å². The minimum absolute atomic E-state index is 0.0752. The van der Waals surface area contributed by atoms with Crippen molar-refractivity contribution in [3.8, 4) is 0 Å². The van der Waals surface area contributed by atoms with E-state index in [9.17, 15) is 9.59 Å². The van der Waals surface area contributed by atoms with E-state index >= 15 is 0 Å². The molecule has 21 heavy (non-hydrogen) atoms. The Bertz CT molecular complexity index is 647. The number of hydrogen-bond acceptors (Lipinski definition) is 3. The number of rotatable bonds is 3. The highest BCUT2D eigenvalue weighted by Crippen LogP contribution is 2.17. The fourth-order valence-electron chi connectivity index (χ4n) is 2.74. The van der Waals surface area contributed by atoms with Crippen molar-refractivity contribution in [1.82, 2.24) is 14.7 Å². The SMILES string of the molecule is O=C(O)C1CCCN(C(=O)Cn2cc3ccccc3n2)C1. The second-order valence-electron chi connectivity index (χ2n) is 5.40. The van der Waals surface area contributed by atoms with E-state index in [1.54, 1.807) is 9.58 Å². The number of fused-ring (bicyclic) bond motifs is 1. The number of piperidine rings is 1. The first-order valence-electron chi connectivity index (χ1n) is 7.06. The van der Waals surface area contributed by atoms with Gasteiger partial charge in [0.2, 0.25) is 5.91 Å². The van der Waals surface area contributed by atoms with E-state index in [1.807, 2.05) is 30.5 Å². The summed E-state index contributed by atoms with van der Waals surface area (Å²) < 4.78 is 1.62. The molecule has 3 rings (SSSR count). The van der Waals surface area contributed by atoms with E-state index in [0.29, 0.717) is 19.5 Å². The van der Waals surface area contributed by atoms with Gasteiger partial charge in [-0.2, -0.15) is 5.10 Å². The second-order valence-corrected chi connectivity index (χ2v) is 5.40. The van der Waals surface area contributed by atoms with Gasteiger partial charge in [-0.25, -0.2) is 0 Å². The molecule has 0 aliphatic carbocycles.